The van der Waals surface area contributed by atoms with E-state index in [2.05, 4.69) is 0 Å². The molecule has 1 fully saturated rings. The summed E-state index contributed by atoms with van der Waals surface area (Å²) in [6.07, 6.45) is -1.18. The second kappa shape index (κ2) is 5.14. The van der Waals surface area contributed by atoms with Crippen molar-refractivity contribution in [2.24, 2.45) is 0 Å². The fourth-order valence-corrected chi connectivity index (χ4v) is 2.60. The number of hydrogen-bond acceptors (Lipinski definition) is 4. The molecule has 1 aromatic heterocycles. The number of halogens is 1. The van der Waals surface area contributed by atoms with Gasteiger partial charge in [-0.25, -0.2) is 9.18 Å². The number of fused-ring (bicyclic) bond motifs is 1. The molecular weight excluding hydrogens is 299 g/mol. The lowest BCUT2D eigenvalue weighted by atomic mass is 10.0. The second-order valence-electron chi connectivity index (χ2n) is 5.38. The molecular formula is C18H11FO4. The molecule has 1 aliphatic rings. The van der Waals surface area contributed by atoms with Gasteiger partial charge in [0, 0.05) is 5.39 Å². The molecule has 0 saturated carbocycles. The Hall–Kier alpha value is -2.79. The van der Waals surface area contributed by atoms with Crippen molar-refractivity contribution >= 4 is 16.8 Å². The van der Waals surface area contributed by atoms with Gasteiger partial charge in [0.25, 0.3) is 0 Å². The quantitative estimate of drug-likeness (QED) is 0.423. The fourth-order valence-electron chi connectivity index (χ4n) is 2.60. The van der Waals surface area contributed by atoms with Crippen molar-refractivity contribution in [2.45, 2.75) is 12.2 Å². The molecule has 2 heterocycles. The molecule has 2 aromatic carbocycles. The molecule has 0 aliphatic carbocycles. The van der Waals surface area contributed by atoms with Gasteiger partial charge in [0.15, 0.2) is 6.10 Å². The Bertz CT molecular complexity index is 959. The minimum absolute atomic E-state index is 0.0293. The number of carbonyl (C=O) groups excluding carboxylic acids is 1. The van der Waals surface area contributed by atoms with Crippen LogP contribution in [0, 0.1) is 5.82 Å². The zero-order valence-electron chi connectivity index (χ0n) is 11.9. The highest BCUT2D eigenvalue weighted by Gasteiger charge is 2.47. The Morgan fingerprint density at radius 1 is 1.04 bits per heavy atom. The molecule has 2 atom stereocenters. The molecule has 3 aromatic rings. The smallest absolute Gasteiger partial charge is 0.347 e. The number of epoxide rings is 1. The molecule has 4 nitrogen and oxygen atoms in total. The van der Waals surface area contributed by atoms with E-state index < -0.39 is 23.6 Å². The predicted octanol–water partition coefficient (Wildman–Crippen LogP) is 3.25. The van der Waals surface area contributed by atoms with Gasteiger partial charge in [0.1, 0.15) is 23.1 Å². The first kappa shape index (κ1) is 13.8. The van der Waals surface area contributed by atoms with Crippen molar-refractivity contribution in [1.29, 1.82) is 0 Å². The van der Waals surface area contributed by atoms with Gasteiger partial charge >= 0.3 is 5.63 Å². The lowest BCUT2D eigenvalue weighted by Gasteiger charge is -2.00. The number of rotatable bonds is 3. The van der Waals surface area contributed by atoms with Crippen LogP contribution in [0.1, 0.15) is 22.0 Å². The highest BCUT2D eigenvalue weighted by atomic mass is 19.1. The third-order valence-electron chi connectivity index (χ3n) is 3.86. The number of ketones is 1. The summed E-state index contributed by atoms with van der Waals surface area (Å²) in [5.74, 6) is -0.772. The maximum absolute atomic E-state index is 12.9. The summed E-state index contributed by atoms with van der Waals surface area (Å²) in [6, 6.07) is 14.2. The van der Waals surface area contributed by atoms with E-state index in [0.29, 0.717) is 16.5 Å². The summed E-state index contributed by atoms with van der Waals surface area (Å²) >= 11 is 0. The van der Waals surface area contributed by atoms with Crippen molar-refractivity contribution in [1.82, 2.24) is 0 Å². The lowest BCUT2D eigenvalue weighted by molar-refractivity contribution is 0.0950. The lowest BCUT2D eigenvalue weighted by Crippen LogP contribution is -2.18. The van der Waals surface area contributed by atoms with Crippen molar-refractivity contribution < 1.29 is 18.3 Å². The van der Waals surface area contributed by atoms with Crippen LogP contribution < -0.4 is 5.63 Å². The first-order valence-corrected chi connectivity index (χ1v) is 7.11. The summed E-state index contributed by atoms with van der Waals surface area (Å²) in [7, 11) is 0. The first-order chi connectivity index (χ1) is 11.1. The van der Waals surface area contributed by atoms with Crippen LogP contribution in [0.15, 0.2) is 63.8 Å². The van der Waals surface area contributed by atoms with Crippen LogP contribution in [0.25, 0.3) is 11.0 Å². The van der Waals surface area contributed by atoms with E-state index in [9.17, 15) is 14.0 Å². The molecule has 2 unspecified atom stereocenters. The highest BCUT2D eigenvalue weighted by Crippen LogP contribution is 2.40. The summed E-state index contributed by atoms with van der Waals surface area (Å²) in [5.41, 5.74) is 0.427. The third kappa shape index (κ3) is 2.45. The number of carbonyl (C=O) groups is 1. The SMILES string of the molecule is O=C(c1cc2ccccc2oc1=O)C1OC1c1ccc(F)cc1. The Morgan fingerprint density at radius 3 is 2.57 bits per heavy atom. The molecule has 1 saturated heterocycles. The monoisotopic (exact) mass is 310 g/mol. The predicted molar refractivity (Wildman–Crippen MR) is 80.8 cm³/mol. The van der Waals surface area contributed by atoms with Gasteiger partial charge in [0.2, 0.25) is 5.78 Å². The minimum Gasteiger partial charge on any atom is -0.422 e. The van der Waals surface area contributed by atoms with Crippen LogP contribution in [-0.2, 0) is 4.74 Å². The topological polar surface area (TPSA) is 59.8 Å². The maximum atomic E-state index is 12.9. The fraction of sp³-hybridized carbons (Fsp3) is 0.111. The molecule has 1 aliphatic heterocycles. The molecule has 4 rings (SSSR count). The molecule has 5 heteroatoms. The third-order valence-corrected chi connectivity index (χ3v) is 3.86. The van der Waals surface area contributed by atoms with Crippen LogP contribution >= 0.6 is 0 Å². The largest absolute Gasteiger partial charge is 0.422 e. The van der Waals surface area contributed by atoms with E-state index in [0.717, 1.165) is 0 Å². The van der Waals surface area contributed by atoms with Crippen molar-refractivity contribution in [2.75, 3.05) is 0 Å². The zero-order valence-corrected chi connectivity index (χ0v) is 11.9. The number of Topliss-reactive ketones (excluding diaryl/α,β-unsaturated/α-hetero) is 1. The second-order valence-corrected chi connectivity index (χ2v) is 5.38. The Labute approximate surface area is 130 Å². The van der Waals surface area contributed by atoms with Crippen LogP contribution in [0.3, 0.4) is 0 Å². The normalized spacial score (nSPS) is 19.7. The van der Waals surface area contributed by atoms with E-state index in [4.69, 9.17) is 9.15 Å². The summed E-state index contributed by atoms with van der Waals surface area (Å²) in [4.78, 5) is 24.5. The van der Waals surface area contributed by atoms with Gasteiger partial charge in [-0.2, -0.15) is 0 Å². The summed E-state index contributed by atoms with van der Waals surface area (Å²) in [6.45, 7) is 0. The number of para-hydroxylation sites is 1. The van der Waals surface area contributed by atoms with Crippen molar-refractivity contribution in [3.8, 4) is 0 Å². The van der Waals surface area contributed by atoms with Gasteiger partial charge in [-0.3, -0.25) is 4.79 Å². The van der Waals surface area contributed by atoms with Gasteiger partial charge in [-0.05, 0) is 29.8 Å². The minimum atomic E-state index is -0.732. The Morgan fingerprint density at radius 2 is 1.78 bits per heavy atom. The molecule has 0 amide bonds. The van der Waals surface area contributed by atoms with E-state index in [1.165, 1.54) is 18.2 Å². The van der Waals surface area contributed by atoms with Gasteiger partial charge in [-0.1, -0.05) is 30.3 Å². The van der Waals surface area contributed by atoms with Crippen LogP contribution in [0.5, 0.6) is 0 Å². The van der Waals surface area contributed by atoms with Crippen molar-refractivity contribution in [3.63, 3.8) is 0 Å². The molecule has 114 valence electrons. The number of hydrogen-bond donors (Lipinski definition) is 0. The van der Waals surface area contributed by atoms with Gasteiger partial charge < -0.3 is 9.15 Å². The maximum Gasteiger partial charge on any atom is 0.347 e. The average molecular weight is 310 g/mol. The summed E-state index contributed by atoms with van der Waals surface area (Å²) in [5, 5.41) is 0.675. The Balaban J connectivity index is 1.64. The molecule has 23 heavy (non-hydrogen) atoms. The highest BCUT2D eigenvalue weighted by molar-refractivity contribution is 6.02. The zero-order chi connectivity index (χ0) is 16.0. The van der Waals surface area contributed by atoms with Gasteiger partial charge in [-0.15, -0.1) is 0 Å². The molecule has 0 spiro atoms. The van der Waals surface area contributed by atoms with Gasteiger partial charge in [0.05, 0.1) is 0 Å². The average Bonchev–Trinajstić information content (AvgIpc) is 3.35. The van der Waals surface area contributed by atoms with E-state index in [1.807, 2.05) is 0 Å². The molecule has 0 N–H and O–H groups in total. The Kier molecular flexibility index (Phi) is 3.09. The first-order valence-electron chi connectivity index (χ1n) is 7.11. The van der Waals surface area contributed by atoms with E-state index in [1.54, 1.807) is 36.4 Å². The molecule has 0 radical (unpaired) electrons. The van der Waals surface area contributed by atoms with E-state index >= 15 is 0 Å². The van der Waals surface area contributed by atoms with E-state index in [-0.39, 0.29) is 11.4 Å². The molecule has 0 bridgehead atoms. The number of ether oxygens (including phenoxy) is 1. The van der Waals surface area contributed by atoms with Crippen LogP contribution in [0.2, 0.25) is 0 Å². The number of benzene rings is 2. The van der Waals surface area contributed by atoms with Crippen molar-refractivity contribution in [3.05, 3.63) is 82.0 Å². The summed E-state index contributed by atoms with van der Waals surface area (Å²) < 4.78 is 23.5. The van der Waals surface area contributed by atoms with Crippen LogP contribution in [0.4, 0.5) is 4.39 Å². The standard InChI is InChI=1S/C18H11FO4/c19-12-7-5-10(6-8-12)16-17(23-16)15(20)13-9-11-3-1-2-4-14(11)22-18(13)21/h1-9,16-17H. The van der Waals surface area contributed by atoms with Crippen LogP contribution in [-0.4, -0.2) is 11.9 Å².